The summed E-state index contributed by atoms with van der Waals surface area (Å²) in [5.41, 5.74) is 0.806. The van der Waals surface area contributed by atoms with Crippen LogP contribution in [-0.2, 0) is 9.59 Å². The van der Waals surface area contributed by atoms with Gasteiger partial charge in [0.2, 0.25) is 0 Å². The van der Waals surface area contributed by atoms with Crippen molar-refractivity contribution in [1.82, 2.24) is 0 Å². The molecule has 0 bridgehead atoms. The first-order valence-corrected chi connectivity index (χ1v) is 5.04. The summed E-state index contributed by atoms with van der Waals surface area (Å²) in [6, 6.07) is -0.298. The van der Waals surface area contributed by atoms with E-state index in [9.17, 15) is 9.59 Å². The Labute approximate surface area is 83.6 Å². The smallest absolute Gasteiger partial charge is 0.173 e. The Morgan fingerprint density at radius 1 is 1.29 bits per heavy atom. The third kappa shape index (κ3) is 1.31. The van der Waals surface area contributed by atoms with Crippen LogP contribution in [0.5, 0.6) is 0 Å². The fourth-order valence-corrected chi connectivity index (χ4v) is 2.41. The molecule has 0 N–H and O–H groups in total. The van der Waals surface area contributed by atoms with Gasteiger partial charge in [-0.2, -0.15) is 0 Å². The molecule has 2 rings (SSSR count). The number of ketones is 2. The molecule has 3 nitrogen and oxygen atoms in total. The van der Waals surface area contributed by atoms with Gasteiger partial charge in [0.05, 0.1) is 0 Å². The van der Waals surface area contributed by atoms with E-state index in [2.05, 4.69) is 18.8 Å². The van der Waals surface area contributed by atoms with Gasteiger partial charge in [-0.3, -0.25) is 14.6 Å². The molecule has 1 fully saturated rings. The van der Waals surface area contributed by atoms with Crippen LogP contribution in [0.3, 0.4) is 0 Å². The fourth-order valence-electron chi connectivity index (χ4n) is 2.41. The summed E-state index contributed by atoms with van der Waals surface area (Å²) in [6.07, 6.45) is 1.30. The number of fused-ring (bicyclic) bond motifs is 1. The lowest BCUT2D eigenvalue weighted by molar-refractivity contribution is -0.131. The largest absolute Gasteiger partial charge is 0.298 e. The number of aliphatic imine (C=N–C) groups is 1. The number of hydrogen-bond donors (Lipinski definition) is 0. The molecule has 0 saturated heterocycles. The van der Waals surface area contributed by atoms with Crippen molar-refractivity contribution in [2.75, 3.05) is 0 Å². The molecule has 14 heavy (non-hydrogen) atoms. The van der Waals surface area contributed by atoms with Crippen molar-refractivity contribution in [3.05, 3.63) is 0 Å². The highest BCUT2D eigenvalue weighted by Gasteiger charge is 2.46. The average molecular weight is 193 g/mol. The summed E-state index contributed by atoms with van der Waals surface area (Å²) >= 11 is 0. The number of hydrogen-bond acceptors (Lipinski definition) is 3. The molecule has 0 radical (unpaired) electrons. The van der Waals surface area contributed by atoms with E-state index in [0.717, 1.165) is 12.1 Å². The Balaban J connectivity index is 2.35. The third-order valence-electron chi connectivity index (χ3n) is 3.02. The van der Waals surface area contributed by atoms with Crippen LogP contribution < -0.4 is 0 Å². The molecular weight excluding hydrogens is 178 g/mol. The highest BCUT2D eigenvalue weighted by Crippen LogP contribution is 2.37. The van der Waals surface area contributed by atoms with E-state index < -0.39 is 5.92 Å². The monoisotopic (exact) mass is 193 g/mol. The summed E-state index contributed by atoms with van der Waals surface area (Å²) in [5.74, 6) is -0.423. The lowest BCUT2D eigenvalue weighted by Gasteiger charge is -2.31. The van der Waals surface area contributed by atoms with Gasteiger partial charge in [-0.25, -0.2) is 0 Å². The van der Waals surface area contributed by atoms with Gasteiger partial charge in [0.1, 0.15) is 17.7 Å². The van der Waals surface area contributed by atoms with E-state index in [1.54, 1.807) is 6.92 Å². The first-order chi connectivity index (χ1) is 6.41. The summed E-state index contributed by atoms with van der Waals surface area (Å²) in [6.45, 7) is 5.88. The van der Waals surface area contributed by atoms with Crippen LogP contribution in [0, 0.1) is 11.3 Å². The molecule has 1 aliphatic heterocycles. The van der Waals surface area contributed by atoms with Crippen molar-refractivity contribution in [3.63, 3.8) is 0 Å². The van der Waals surface area contributed by atoms with Gasteiger partial charge >= 0.3 is 0 Å². The minimum Gasteiger partial charge on any atom is -0.298 e. The quantitative estimate of drug-likeness (QED) is 0.546. The molecule has 2 aliphatic rings. The zero-order valence-electron chi connectivity index (χ0n) is 8.83. The lowest BCUT2D eigenvalue weighted by atomic mass is 9.70. The molecule has 0 aromatic heterocycles. The molecule has 0 spiro atoms. The second-order valence-corrected chi connectivity index (χ2v) is 5.12. The van der Waals surface area contributed by atoms with Gasteiger partial charge < -0.3 is 0 Å². The molecule has 0 aromatic carbocycles. The van der Waals surface area contributed by atoms with E-state index in [1.807, 2.05) is 0 Å². The van der Waals surface area contributed by atoms with Crippen LogP contribution in [0.2, 0.25) is 0 Å². The number of carbonyl (C=O) groups excluding carboxylic acids is 2. The molecule has 1 saturated carbocycles. The SMILES string of the molecule is CC1N=C2CC(C)(C)CC(=O)C2C1=O. The second kappa shape index (κ2) is 2.75. The van der Waals surface area contributed by atoms with Crippen molar-refractivity contribution in [2.24, 2.45) is 16.3 Å². The van der Waals surface area contributed by atoms with Gasteiger partial charge in [-0.15, -0.1) is 0 Å². The van der Waals surface area contributed by atoms with Crippen LogP contribution in [0.1, 0.15) is 33.6 Å². The van der Waals surface area contributed by atoms with Gasteiger partial charge in [0, 0.05) is 12.1 Å². The lowest BCUT2D eigenvalue weighted by Crippen LogP contribution is -2.39. The summed E-state index contributed by atoms with van der Waals surface area (Å²) in [4.78, 5) is 27.7. The molecule has 0 amide bonds. The molecule has 2 atom stereocenters. The topological polar surface area (TPSA) is 46.5 Å². The first kappa shape index (κ1) is 9.56. The van der Waals surface area contributed by atoms with Crippen molar-refractivity contribution >= 4 is 17.3 Å². The van der Waals surface area contributed by atoms with E-state index in [1.165, 1.54) is 0 Å². The highest BCUT2D eigenvalue weighted by atomic mass is 16.2. The molecular formula is C11H15NO2. The Kier molecular flexibility index (Phi) is 1.88. The summed E-state index contributed by atoms with van der Waals surface area (Å²) < 4.78 is 0. The van der Waals surface area contributed by atoms with Crippen LogP contribution in [0.15, 0.2) is 4.99 Å². The first-order valence-electron chi connectivity index (χ1n) is 5.04. The van der Waals surface area contributed by atoms with E-state index in [0.29, 0.717) is 6.42 Å². The number of nitrogens with zero attached hydrogens (tertiary/aromatic N) is 1. The van der Waals surface area contributed by atoms with Crippen LogP contribution in [0.4, 0.5) is 0 Å². The average Bonchev–Trinajstić information content (AvgIpc) is 2.24. The van der Waals surface area contributed by atoms with Crippen LogP contribution in [-0.4, -0.2) is 23.3 Å². The van der Waals surface area contributed by atoms with Gasteiger partial charge in [0.25, 0.3) is 0 Å². The van der Waals surface area contributed by atoms with Crippen molar-refractivity contribution in [3.8, 4) is 0 Å². The predicted octanol–water partition coefficient (Wildman–Crippen LogP) is 1.40. The predicted molar refractivity (Wildman–Crippen MR) is 53.4 cm³/mol. The molecule has 1 heterocycles. The standard InChI is InChI=1S/C11H15NO2/c1-6-10(14)9-7(12-6)4-11(2,3)5-8(9)13/h6,9H,4-5H2,1-3H3. The fraction of sp³-hybridized carbons (Fsp3) is 0.727. The van der Waals surface area contributed by atoms with Gasteiger partial charge in [-0.05, 0) is 18.8 Å². The van der Waals surface area contributed by atoms with Gasteiger partial charge in [0.15, 0.2) is 5.78 Å². The van der Waals surface area contributed by atoms with Crippen LogP contribution >= 0.6 is 0 Å². The Morgan fingerprint density at radius 2 is 1.93 bits per heavy atom. The summed E-state index contributed by atoms with van der Waals surface area (Å²) in [7, 11) is 0. The molecule has 0 aromatic rings. The van der Waals surface area contributed by atoms with Crippen LogP contribution in [0.25, 0.3) is 0 Å². The Bertz CT molecular complexity index is 341. The maximum Gasteiger partial charge on any atom is 0.173 e. The molecule has 2 unspecified atom stereocenters. The van der Waals surface area contributed by atoms with E-state index >= 15 is 0 Å². The molecule has 1 aliphatic carbocycles. The van der Waals surface area contributed by atoms with Crippen molar-refractivity contribution < 1.29 is 9.59 Å². The number of rotatable bonds is 0. The zero-order valence-corrected chi connectivity index (χ0v) is 8.83. The maximum atomic E-state index is 11.7. The second-order valence-electron chi connectivity index (χ2n) is 5.12. The third-order valence-corrected chi connectivity index (χ3v) is 3.02. The van der Waals surface area contributed by atoms with Gasteiger partial charge in [-0.1, -0.05) is 13.8 Å². The minimum atomic E-state index is -0.488. The van der Waals surface area contributed by atoms with Crippen molar-refractivity contribution in [1.29, 1.82) is 0 Å². The normalized spacial score (nSPS) is 35.5. The van der Waals surface area contributed by atoms with Crippen molar-refractivity contribution in [2.45, 2.75) is 39.7 Å². The van der Waals surface area contributed by atoms with E-state index in [-0.39, 0.29) is 23.0 Å². The minimum absolute atomic E-state index is 0.000463. The number of Topliss-reactive ketones (excluding diaryl/α,β-unsaturated/α-hetero) is 2. The van der Waals surface area contributed by atoms with E-state index in [4.69, 9.17) is 0 Å². The molecule has 76 valence electrons. The highest BCUT2D eigenvalue weighted by molar-refractivity contribution is 6.26. The number of carbonyl (C=O) groups is 2. The Hall–Kier alpha value is -0.990. The Morgan fingerprint density at radius 3 is 2.57 bits per heavy atom. The summed E-state index contributed by atoms with van der Waals surface area (Å²) in [5, 5.41) is 0. The molecule has 3 heteroatoms. The zero-order chi connectivity index (χ0) is 10.5. The maximum absolute atomic E-state index is 11.7.